The van der Waals surface area contributed by atoms with Crippen LogP contribution in [0.4, 0.5) is 0 Å². The number of hydrogen-bond acceptors (Lipinski definition) is 7. The molecule has 0 amide bonds. The largest absolute Gasteiger partial charge is 0.452 e. The van der Waals surface area contributed by atoms with Crippen molar-refractivity contribution in [3.05, 3.63) is 71.8 Å². The van der Waals surface area contributed by atoms with Gasteiger partial charge in [-0.25, -0.2) is 4.79 Å². The molecule has 2 saturated heterocycles. The fourth-order valence-electron chi connectivity index (χ4n) is 3.78. The molecule has 3 unspecified atom stereocenters. The first-order valence-electron chi connectivity index (χ1n) is 10.1. The van der Waals surface area contributed by atoms with E-state index in [4.69, 9.17) is 23.7 Å². The summed E-state index contributed by atoms with van der Waals surface area (Å²) in [4.78, 5) is 12.8. The van der Waals surface area contributed by atoms with E-state index in [0.29, 0.717) is 12.2 Å². The van der Waals surface area contributed by atoms with Crippen molar-refractivity contribution in [2.45, 2.75) is 43.1 Å². The van der Waals surface area contributed by atoms with Gasteiger partial charge in [-0.2, -0.15) is 0 Å². The lowest BCUT2D eigenvalue weighted by Gasteiger charge is -2.48. The lowest BCUT2D eigenvalue weighted by molar-refractivity contribution is -0.320. The van der Waals surface area contributed by atoms with E-state index in [1.807, 2.05) is 55.5 Å². The van der Waals surface area contributed by atoms with Gasteiger partial charge in [-0.15, -0.1) is 11.8 Å². The van der Waals surface area contributed by atoms with Crippen LogP contribution in [0.25, 0.3) is 0 Å². The SMILES string of the molecule is CCS[C@@H]1OC2COC(c3ccccc3)O[C@@H]2[C@H](OC)C1OC(=O)c1ccccc1. The number of carbonyl (C=O) groups excluding carboxylic acids is 1. The molecular formula is C23H26O6S. The second-order valence-electron chi connectivity index (χ2n) is 7.11. The number of hydrogen-bond donors (Lipinski definition) is 0. The zero-order chi connectivity index (χ0) is 20.9. The van der Waals surface area contributed by atoms with Crippen LogP contribution in [0.5, 0.6) is 0 Å². The molecule has 0 spiro atoms. The third-order valence-corrected chi connectivity index (χ3v) is 6.25. The van der Waals surface area contributed by atoms with Crippen LogP contribution in [0.15, 0.2) is 60.7 Å². The van der Waals surface area contributed by atoms with E-state index >= 15 is 0 Å². The summed E-state index contributed by atoms with van der Waals surface area (Å²) in [6.45, 7) is 2.42. The highest BCUT2D eigenvalue weighted by Crippen LogP contribution is 2.39. The lowest BCUT2D eigenvalue weighted by Crippen LogP contribution is -2.62. The molecule has 2 aliphatic rings. The minimum absolute atomic E-state index is 0.300. The smallest absolute Gasteiger partial charge is 0.338 e. The van der Waals surface area contributed by atoms with E-state index in [0.717, 1.165) is 11.3 Å². The second kappa shape index (κ2) is 9.94. The summed E-state index contributed by atoms with van der Waals surface area (Å²) < 4.78 is 30.1. The number of benzene rings is 2. The second-order valence-corrected chi connectivity index (χ2v) is 8.49. The maximum Gasteiger partial charge on any atom is 0.338 e. The number of ether oxygens (including phenoxy) is 5. The number of methoxy groups -OCH3 is 1. The van der Waals surface area contributed by atoms with E-state index in [9.17, 15) is 4.79 Å². The van der Waals surface area contributed by atoms with Gasteiger partial charge in [0, 0.05) is 12.7 Å². The first-order chi connectivity index (χ1) is 14.7. The van der Waals surface area contributed by atoms with Crippen LogP contribution in [-0.2, 0) is 23.7 Å². The Bertz CT molecular complexity index is 817. The van der Waals surface area contributed by atoms with Crippen molar-refractivity contribution in [1.29, 1.82) is 0 Å². The van der Waals surface area contributed by atoms with Crippen molar-refractivity contribution in [2.75, 3.05) is 19.5 Å². The molecule has 6 nitrogen and oxygen atoms in total. The lowest BCUT2D eigenvalue weighted by atomic mass is 9.98. The molecule has 30 heavy (non-hydrogen) atoms. The Morgan fingerprint density at radius 2 is 1.73 bits per heavy atom. The van der Waals surface area contributed by atoms with Crippen molar-refractivity contribution in [3.8, 4) is 0 Å². The molecule has 4 rings (SSSR count). The summed E-state index contributed by atoms with van der Waals surface area (Å²) in [7, 11) is 1.61. The van der Waals surface area contributed by atoms with E-state index in [2.05, 4.69) is 0 Å². The van der Waals surface area contributed by atoms with E-state index in [1.165, 1.54) is 0 Å². The third-order valence-electron chi connectivity index (χ3n) is 5.21. The van der Waals surface area contributed by atoms with Gasteiger partial charge >= 0.3 is 5.97 Å². The average molecular weight is 431 g/mol. The van der Waals surface area contributed by atoms with Crippen molar-refractivity contribution in [3.63, 3.8) is 0 Å². The quantitative estimate of drug-likeness (QED) is 0.646. The van der Waals surface area contributed by atoms with Gasteiger partial charge in [-0.3, -0.25) is 0 Å². The summed E-state index contributed by atoms with van der Waals surface area (Å²) in [5.74, 6) is 0.407. The van der Waals surface area contributed by atoms with Gasteiger partial charge in [-0.1, -0.05) is 55.5 Å². The van der Waals surface area contributed by atoms with Crippen LogP contribution in [0.2, 0.25) is 0 Å². The normalized spacial score (nSPS) is 31.0. The molecule has 2 aromatic rings. The monoisotopic (exact) mass is 430 g/mol. The Hall–Kier alpha value is -1.90. The topological polar surface area (TPSA) is 63.2 Å². The van der Waals surface area contributed by atoms with Gasteiger partial charge in [0.25, 0.3) is 0 Å². The number of fused-ring (bicyclic) bond motifs is 1. The Balaban J connectivity index is 1.55. The van der Waals surface area contributed by atoms with Crippen LogP contribution in [0, 0.1) is 0 Å². The molecule has 0 saturated carbocycles. The van der Waals surface area contributed by atoms with Crippen LogP contribution in [-0.4, -0.2) is 55.3 Å². The van der Waals surface area contributed by atoms with Gasteiger partial charge in [0.1, 0.15) is 23.7 Å². The number of thioether (sulfide) groups is 1. The van der Waals surface area contributed by atoms with Gasteiger partial charge in [0.2, 0.25) is 0 Å². The summed E-state index contributed by atoms with van der Waals surface area (Å²) in [5.41, 5.74) is 1.05. The predicted octanol–water partition coefficient (Wildman–Crippen LogP) is 3.82. The molecule has 2 heterocycles. The maximum absolute atomic E-state index is 12.8. The zero-order valence-corrected chi connectivity index (χ0v) is 17.8. The number of carbonyl (C=O) groups is 1. The minimum Gasteiger partial charge on any atom is -0.452 e. The molecule has 160 valence electrons. The zero-order valence-electron chi connectivity index (χ0n) is 17.0. The number of esters is 1. The summed E-state index contributed by atoms with van der Waals surface area (Å²) in [6.07, 6.45) is -2.32. The minimum atomic E-state index is -0.608. The molecule has 2 fully saturated rings. The summed E-state index contributed by atoms with van der Waals surface area (Å²) in [5, 5.41) is 0. The first-order valence-corrected chi connectivity index (χ1v) is 11.1. The van der Waals surface area contributed by atoms with Crippen LogP contribution >= 0.6 is 11.8 Å². The molecule has 0 bridgehead atoms. The molecule has 0 aliphatic carbocycles. The van der Waals surface area contributed by atoms with Gasteiger partial charge in [0.15, 0.2) is 12.4 Å². The molecule has 2 aliphatic heterocycles. The standard InChI is InChI=1S/C23H26O6S/c1-3-30-23-20(28-21(24)15-10-6-4-7-11-15)19(25-2)18-17(27-23)14-26-22(29-18)16-12-8-5-9-13-16/h4-13,17-20,22-23H,3,14H2,1-2H3/t17?,18-,19-,20?,22?,23-/m0/s1. The maximum atomic E-state index is 12.8. The van der Waals surface area contributed by atoms with E-state index in [-0.39, 0.29) is 11.5 Å². The van der Waals surface area contributed by atoms with Crippen LogP contribution in [0.1, 0.15) is 29.1 Å². The molecule has 0 radical (unpaired) electrons. The number of rotatable bonds is 6. The fourth-order valence-corrected chi connectivity index (χ4v) is 4.73. The van der Waals surface area contributed by atoms with Gasteiger partial charge in [0.05, 0.1) is 12.2 Å². The third kappa shape index (κ3) is 4.55. The summed E-state index contributed by atoms with van der Waals surface area (Å²) >= 11 is 1.58. The van der Waals surface area contributed by atoms with Crippen LogP contribution in [0.3, 0.4) is 0 Å². The van der Waals surface area contributed by atoms with E-state index < -0.39 is 30.6 Å². The van der Waals surface area contributed by atoms with Crippen LogP contribution < -0.4 is 0 Å². The van der Waals surface area contributed by atoms with Crippen molar-refractivity contribution in [2.24, 2.45) is 0 Å². The van der Waals surface area contributed by atoms with Crippen molar-refractivity contribution in [1.82, 2.24) is 0 Å². The molecule has 2 aromatic carbocycles. The molecule has 6 atom stereocenters. The summed E-state index contributed by atoms with van der Waals surface area (Å²) in [6, 6.07) is 18.7. The van der Waals surface area contributed by atoms with Crippen molar-refractivity contribution >= 4 is 17.7 Å². The Kier molecular flexibility index (Phi) is 7.07. The first kappa shape index (κ1) is 21.3. The molecule has 0 aromatic heterocycles. The molecule has 7 heteroatoms. The fraction of sp³-hybridized carbons (Fsp3) is 0.435. The Morgan fingerprint density at radius 1 is 1.03 bits per heavy atom. The molecular weight excluding hydrogens is 404 g/mol. The van der Waals surface area contributed by atoms with Crippen molar-refractivity contribution < 1.29 is 28.5 Å². The predicted molar refractivity (Wildman–Crippen MR) is 113 cm³/mol. The Labute approximate surface area is 180 Å². The van der Waals surface area contributed by atoms with E-state index in [1.54, 1.807) is 31.0 Å². The highest BCUT2D eigenvalue weighted by atomic mass is 32.2. The molecule has 0 N–H and O–H groups in total. The average Bonchev–Trinajstić information content (AvgIpc) is 2.80. The van der Waals surface area contributed by atoms with Gasteiger partial charge in [-0.05, 0) is 17.9 Å². The highest BCUT2D eigenvalue weighted by Gasteiger charge is 2.52. The van der Waals surface area contributed by atoms with Gasteiger partial charge < -0.3 is 23.7 Å². The Morgan fingerprint density at radius 3 is 2.40 bits per heavy atom. The highest BCUT2D eigenvalue weighted by molar-refractivity contribution is 7.99.